The van der Waals surface area contributed by atoms with E-state index in [9.17, 15) is 14.0 Å². The highest BCUT2D eigenvalue weighted by Gasteiger charge is 2.55. The maximum absolute atomic E-state index is 14.2. The lowest BCUT2D eigenvalue weighted by atomic mass is 9.82. The number of halogens is 1. The lowest BCUT2D eigenvalue weighted by Crippen LogP contribution is -2.57. The Labute approximate surface area is 204 Å². The van der Waals surface area contributed by atoms with Crippen LogP contribution in [0.3, 0.4) is 0 Å². The van der Waals surface area contributed by atoms with Crippen molar-refractivity contribution in [3.63, 3.8) is 0 Å². The van der Waals surface area contributed by atoms with Gasteiger partial charge in [0.05, 0.1) is 11.6 Å². The molecule has 2 heterocycles. The summed E-state index contributed by atoms with van der Waals surface area (Å²) in [5.41, 5.74) is 6.64. The van der Waals surface area contributed by atoms with Crippen molar-refractivity contribution in [2.75, 3.05) is 13.6 Å². The van der Waals surface area contributed by atoms with E-state index in [1.54, 1.807) is 30.3 Å². The Morgan fingerprint density at radius 1 is 1.40 bits per heavy atom. The van der Waals surface area contributed by atoms with Gasteiger partial charge in [0.15, 0.2) is 0 Å². The largest absolute Gasteiger partial charge is 0.404 e. The molecule has 0 bridgehead atoms. The Bertz CT molecular complexity index is 1110. The van der Waals surface area contributed by atoms with Crippen molar-refractivity contribution in [2.45, 2.75) is 44.9 Å². The molecule has 1 saturated heterocycles. The van der Waals surface area contributed by atoms with Gasteiger partial charge in [-0.1, -0.05) is 0 Å². The van der Waals surface area contributed by atoms with E-state index in [4.69, 9.17) is 11.1 Å². The molecule has 3 unspecified atom stereocenters. The van der Waals surface area contributed by atoms with Crippen molar-refractivity contribution in [3.8, 4) is 0 Å². The van der Waals surface area contributed by atoms with Crippen molar-refractivity contribution in [1.29, 1.82) is 5.41 Å². The number of nitrogens with two attached hydrogens (primary N) is 1. The molecular formula is C25H32FN7O2. The van der Waals surface area contributed by atoms with Crippen LogP contribution in [0.25, 0.3) is 5.57 Å². The average molecular weight is 482 g/mol. The second-order valence-corrected chi connectivity index (χ2v) is 9.30. The van der Waals surface area contributed by atoms with Crippen LogP contribution in [0.1, 0.15) is 37.3 Å². The minimum absolute atomic E-state index is 0.0753. The molecule has 2 aliphatic heterocycles. The normalized spacial score (nSPS) is 27.1. The van der Waals surface area contributed by atoms with Crippen LogP contribution in [-0.4, -0.2) is 54.9 Å². The molecule has 0 aromatic heterocycles. The highest BCUT2D eigenvalue weighted by molar-refractivity contribution is 6.09. The molecule has 4 rings (SSSR count). The topological polar surface area (TPSA) is 136 Å². The fourth-order valence-corrected chi connectivity index (χ4v) is 4.89. The Morgan fingerprint density at radius 2 is 2.17 bits per heavy atom. The average Bonchev–Trinajstić information content (AvgIpc) is 3.63. The molecule has 1 saturated carbocycles. The molecular weight excluding hydrogens is 449 g/mol. The van der Waals surface area contributed by atoms with Gasteiger partial charge in [0.1, 0.15) is 17.7 Å². The number of allylic oxidation sites excluding steroid dienone is 1. The van der Waals surface area contributed by atoms with Crippen molar-refractivity contribution in [3.05, 3.63) is 53.2 Å². The molecule has 186 valence electrons. The number of rotatable bonds is 8. The fourth-order valence-electron chi connectivity index (χ4n) is 4.89. The van der Waals surface area contributed by atoms with E-state index in [0.29, 0.717) is 35.5 Å². The van der Waals surface area contributed by atoms with Gasteiger partial charge in [0, 0.05) is 44.3 Å². The molecule has 9 nitrogen and oxygen atoms in total. The predicted molar refractivity (Wildman–Crippen MR) is 133 cm³/mol. The number of benzene rings is 1. The van der Waals surface area contributed by atoms with Gasteiger partial charge in [0.2, 0.25) is 11.8 Å². The van der Waals surface area contributed by atoms with Crippen LogP contribution in [0.2, 0.25) is 0 Å². The minimum Gasteiger partial charge on any atom is -0.404 e. The van der Waals surface area contributed by atoms with Crippen LogP contribution in [0.4, 0.5) is 4.39 Å². The SMILES string of the molecule is CN=CC(=CN)c1cc(F)cc(CNC(=O)C2C=C(N3CCC(C=N)(C4CC4)C3=O)NC(C)N2)c1. The first kappa shape index (κ1) is 24.6. The van der Waals surface area contributed by atoms with Crippen molar-refractivity contribution >= 4 is 29.8 Å². The van der Waals surface area contributed by atoms with Gasteiger partial charge in [-0.2, -0.15) is 0 Å². The lowest BCUT2D eigenvalue weighted by molar-refractivity contribution is -0.132. The molecule has 35 heavy (non-hydrogen) atoms. The van der Waals surface area contributed by atoms with Crippen molar-refractivity contribution in [1.82, 2.24) is 20.9 Å². The van der Waals surface area contributed by atoms with E-state index in [-0.39, 0.29) is 30.4 Å². The number of aliphatic imine (C=N–C) groups is 1. The molecule has 1 aromatic rings. The van der Waals surface area contributed by atoms with Gasteiger partial charge >= 0.3 is 0 Å². The van der Waals surface area contributed by atoms with Gasteiger partial charge in [-0.25, -0.2) is 4.39 Å². The van der Waals surface area contributed by atoms with E-state index < -0.39 is 17.3 Å². The molecule has 1 aliphatic carbocycles. The molecule has 6 N–H and O–H groups in total. The Hall–Kier alpha value is -3.53. The first-order valence-corrected chi connectivity index (χ1v) is 11.8. The fraction of sp³-hybridized carbons (Fsp3) is 0.440. The summed E-state index contributed by atoms with van der Waals surface area (Å²) < 4.78 is 14.2. The number of carbonyl (C=O) groups is 2. The van der Waals surface area contributed by atoms with Crippen LogP contribution in [-0.2, 0) is 16.1 Å². The molecule has 3 aliphatic rings. The molecule has 10 heteroatoms. The summed E-state index contributed by atoms with van der Waals surface area (Å²) in [4.78, 5) is 31.8. The smallest absolute Gasteiger partial charge is 0.241 e. The summed E-state index contributed by atoms with van der Waals surface area (Å²) in [6.45, 7) is 2.50. The zero-order valence-corrected chi connectivity index (χ0v) is 20.0. The summed E-state index contributed by atoms with van der Waals surface area (Å²) in [7, 11) is 1.60. The van der Waals surface area contributed by atoms with E-state index in [2.05, 4.69) is 20.9 Å². The summed E-state index contributed by atoms with van der Waals surface area (Å²) in [5, 5.41) is 17.1. The van der Waals surface area contributed by atoms with Gasteiger partial charge in [0.25, 0.3) is 0 Å². The van der Waals surface area contributed by atoms with E-state index in [1.807, 2.05) is 6.92 Å². The highest BCUT2D eigenvalue weighted by Crippen LogP contribution is 2.50. The first-order valence-electron chi connectivity index (χ1n) is 11.8. The van der Waals surface area contributed by atoms with Crippen LogP contribution in [0.15, 0.2) is 41.3 Å². The molecule has 2 amide bonds. The third-order valence-electron chi connectivity index (χ3n) is 6.85. The van der Waals surface area contributed by atoms with Gasteiger partial charge in [-0.15, -0.1) is 0 Å². The van der Waals surface area contributed by atoms with Crippen molar-refractivity contribution in [2.24, 2.45) is 22.1 Å². The number of nitrogens with zero attached hydrogens (tertiary/aromatic N) is 2. The second-order valence-electron chi connectivity index (χ2n) is 9.30. The van der Waals surface area contributed by atoms with Crippen LogP contribution >= 0.6 is 0 Å². The summed E-state index contributed by atoms with van der Waals surface area (Å²) in [6.07, 6.45) is 8.21. The first-order chi connectivity index (χ1) is 16.8. The minimum atomic E-state index is -0.719. The van der Waals surface area contributed by atoms with E-state index in [1.165, 1.54) is 24.5 Å². The zero-order valence-electron chi connectivity index (χ0n) is 20.0. The monoisotopic (exact) mass is 481 g/mol. The van der Waals surface area contributed by atoms with Crippen LogP contribution in [0, 0.1) is 22.6 Å². The van der Waals surface area contributed by atoms with Crippen LogP contribution in [0.5, 0.6) is 0 Å². The zero-order chi connectivity index (χ0) is 25.2. The Morgan fingerprint density at radius 3 is 2.83 bits per heavy atom. The number of hydrogen-bond acceptors (Lipinski definition) is 7. The Kier molecular flexibility index (Phi) is 7.02. The number of amides is 2. The summed E-state index contributed by atoms with van der Waals surface area (Å²) >= 11 is 0. The quantitative estimate of drug-likeness (QED) is 0.358. The third kappa shape index (κ3) is 4.97. The second kappa shape index (κ2) is 9.99. The summed E-state index contributed by atoms with van der Waals surface area (Å²) in [5.74, 6) is 0.0117. The number of carbonyl (C=O) groups excluding carboxylic acids is 2. The summed E-state index contributed by atoms with van der Waals surface area (Å²) in [6, 6.07) is 3.80. The number of hydrogen-bond donors (Lipinski definition) is 5. The number of likely N-dealkylation sites (tertiary alicyclic amines) is 1. The van der Waals surface area contributed by atoms with E-state index in [0.717, 1.165) is 12.8 Å². The maximum Gasteiger partial charge on any atom is 0.241 e. The predicted octanol–water partition coefficient (Wildman–Crippen LogP) is 1.47. The lowest BCUT2D eigenvalue weighted by Gasteiger charge is -2.34. The van der Waals surface area contributed by atoms with E-state index >= 15 is 0 Å². The maximum atomic E-state index is 14.2. The third-order valence-corrected chi connectivity index (χ3v) is 6.85. The standard InChI is InChI=1S/C25H32FN7O2/c1-15-31-21(10-22(32-15)33-6-5-25(14-28,24(33)35)19-3-4-19)23(34)30-12-16-7-17(9-20(26)8-16)18(11-27)13-29-2/h7-11,13-15,19,21,28,31-32H,3-6,12,27H2,1-2H3,(H,30,34). The van der Waals surface area contributed by atoms with Gasteiger partial charge in [-0.3, -0.25) is 24.8 Å². The molecule has 0 radical (unpaired) electrons. The Balaban J connectivity index is 1.46. The number of nitrogens with one attached hydrogen (secondary N) is 4. The van der Waals surface area contributed by atoms with Crippen LogP contribution < -0.4 is 21.7 Å². The van der Waals surface area contributed by atoms with Crippen molar-refractivity contribution < 1.29 is 14.0 Å². The molecule has 0 spiro atoms. The van der Waals surface area contributed by atoms with Gasteiger partial charge in [-0.05, 0) is 67.5 Å². The molecule has 2 fully saturated rings. The highest BCUT2D eigenvalue weighted by atomic mass is 19.1. The molecule has 1 aromatic carbocycles. The molecule has 3 atom stereocenters. The van der Waals surface area contributed by atoms with Gasteiger partial charge < -0.3 is 21.8 Å².